The van der Waals surface area contributed by atoms with Crippen LogP contribution < -0.4 is 0 Å². The highest BCUT2D eigenvalue weighted by Crippen LogP contribution is 1.97. The van der Waals surface area contributed by atoms with Gasteiger partial charge in [-0.1, -0.05) is 6.58 Å². The average molecular weight is 171 g/mol. The highest BCUT2D eigenvalue weighted by molar-refractivity contribution is 5.87. The van der Waals surface area contributed by atoms with Crippen LogP contribution in [0.3, 0.4) is 0 Å². The Balaban J connectivity index is 3.58. The van der Waals surface area contributed by atoms with E-state index in [1.54, 1.807) is 6.92 Å². The van der Waals surface area contributed by atoms with Crippen molar-refractivity contribution < 1.29 is 14.0 Å². The highest BCUT2D eigenvalue weighted by Gasteiger charge is 2.09. The van der Waals surface area contributed by atoms with E-state index in [2.05, 4.69) is 6.58 Å². The number of carbonyl (C=O) groups excluding carboxylic acids is 1. The van der Waals surface area contributed by atoms with Gasteiger partial charge < -0.3 is 9.22 Å². The summed E-state index contributed by atoms with van der Waals surface area (Å²) in [6.45, 7) is 7.30. The third-order valence-electron chi connectivity index (χ3n) is 1.16. The molecular formula is C9H17NO2+. The monoisotopic (exact) mass is 171 g/mol. The summed E-state index contributed by atoms with van der Waals surface area (Å²) in [7, 11) is 6.06. The van der Waals surface area contributed by atoms with Crippen molar-refractivity contribution in [1.29, 1.82) is 0 Å². The van der Waals surface area contributed by atoms with Gasteiger partial charge in [0.05, 0.1) is 21.1 Å². The summed E-state index contributed by atoms with van der Waals surface area (Å²) in [6, 6.07) is 0. The van der Waals surface area contributed by atoms with E-state index in [1.807, 2.05) is 21.1 Å². The predicted molar refractivity (Wildman–Crippen MR) is 48.1 cm³/mol. The van der Waals surface area contributed by atoms with Gasteiger partial charge in [0.15, 0.2) is 6.61 Å². The second-order valence-electron chi connectivity index (χ2n) is 3.83. The molecule has 0 saturated carbocycles. The van der Waals surface area contributed by atoms with E-state index < -0.39 is 0 Å². The molecule has 0 fully saturated rings. The molecule has 0 spiro atoms. The first-order chi connectivity index (χ1) is 5.33. The van der Waals surface area contributed by atoms with E-state index >= 15 is 0 Å². The molecule has 69 valence electrons. The standard InChI is InChI=1S/C9H17NO2/c1-8(2)9(11)12-7-6-10(3,4)5/h7H,1,6H2,2-5H3/q+1. The lowest BCUT2D eigenvalue weighted by Crippen LogP contribution is -2.36. The number of quaternary nitrogens is 1. The van der Waals surface area contributed by atoms with Crippen molar-refractivity contribution in [3.63, 3.8) is 0 Å². The van der Waals surface area contributed by atoms with Gasteiger partial charge in [0, 0.05) is 5.57 Å². The molecule has 0 amide bonds. The topological polar surface area (TPSA) is 26.3 Å². The number of esters is 1. The highest BCUT2D eigenvalue weighted by atomic mass is 16.5. The Morgan fingerprint density at radius 3 is 2.33 bits per heavy atom. The summed E-state index contributed by atoms with van der Waals surface area (Å²) in [5, 5.41) is 0. The number of hydrogen-bond donors (Lipinski definition) is 0. The number of likely N-dealkylation sites (N-methyl/N-ethyl adjacent to an activating group) is 1. The fraction of sp³-hybridized carbons (Fsp3) is 0.556. The summed E-state index contributed by atoms with van der Waals surface area (Å²) in [5.41, 5.74) is 0.424. The minimum Gasteiger partial charge on any atom is -0.449 e. The molecule has 0 atom stereocenters. The number of hydrogen-bond acceptors (Lipinski definition) is 2. The van der Waals surface area contributed by atoms with Gasteiger partial charge in [-0.3, -0.25) is 0 Å². The molecule has 0 rings (SSSR count). The molecule has 0 N–H and O–H groups in total. The van der Waals surface area contributed by atoms with Crippen LogP contribution in [-0.2, 0) is 9.53 Å². The Hall–Kier alpha value is -0.830. The van der Waals surface area contributed by atoms with E-state index in [-0.39, 0.29) is 5.97 Å². The normalized spacial score (nSPS) is 11.0. The number of ether oxygens (including phenoxy) is 1. The van der Waals surface area contributed by atoms with Gasteiger partial charge in [-0.15, -0.1) is 0 Å². The lowest BCUT2D eigenvalue weighted by Gasteiger charge is -2.22. The molecule has 0 aromatic rings. The Morgan fingerprint density at radius 2 is 2.00 bits per heavy atom. The molecule has 0 aromatic carbocycles. The quantitative estimate of drug-likeness (QED) is 0.358. The molecule has 0 aliphatic carbocycles. The Labute approximate surface area is 74.2 Å². The van der Waals surface area contributed by atoms with Crippen LogP contribution in [0.25, 0.3) is 0 Å². The van der Waals surface area contributed by atoms with Gasteiger partial charge >= 0.3 is 5.97 Å². The van der Waals surface area contributed by atoms with Crippen molar-refractivity contribution >= 4 is 5.97 Å². The number of rotatable bonds is 4. The van der Waals surface area contributed by atoms with Gasteiger partial charge in [-0.05, 0) is 6.92 Å². The first kappa shape index (κ1) is 11.2. The molecule has 0 heterocycles. The van der Waals surface area contributed by atoms with Crippen molar-refractivity contribution in [3.8, 4) is 0 Å². The maximum absolute atomic E-state index is 10.9. The zero-order valence-corrected chi connectivity index (χ0v) is 8.26. The first-order valence-corrected chi connectivity index (χ1v) is 3.81. The Kier molecular flexibility index (Phi) is 3.96. The van der Waals surface area contributed by atoms with Gasteiger partial charge in [0.2, 0.25) is 0 Å². The van der Waals surface area contributed by atoms with Crippen LogP contribution >= 0.6 is 0 Å². The minimum atomic E-state index is -0.358. The molecule has 0 aliphatic rings. The van der Waals surface area contributed by atoms with Gasteiger partial charge in [0.1, 0.15) is 6.54 Å². The zero-order valence-electron chi connectivity index (χ0n) is 8.26. The van der Waals surface area contributed by atoms with Crippen LogP contribution in [-0.4, -0.2) is 38.1 Å². The van der Waals surface area contributed by atoms with Crippen LogP contribution in [0, 0.1) is 6.61 Å². The van der Waals surface area contributed by atoms with Gasteiger partial charge in [-0.25, -0.2) is 4.79 Å². The summed E-state index contributed by atoms with van der Waals surface area (Å²) < 4.78 is 5.54. The van der Waals surface area contributed by atoms with Crippen molar-refractivity contribution in [2.24, 2.45) is 0 Å². The molecule has 3 nitrogen and oxygen atoms in total. The third-order valence-corrected chi connectivity index (χ3v) is 1.16. The molecular weight excluding hydrogens is 154 g/mol. The van der Waals surface area contributed by atoms with Gasteiger partial charge in [-0.2, -0.15) is 0 Å². The van der Waals surface area contributed by atoms with E-state index in [9.17, 15) is 4.79 Å². The van der Waals surface area contributed by atoms with Crippen LogP contribution in [0.15, 0.2) is 12.2 Å². The fourth-order valence-electron chi connectivity index (χ4n) is 0.437. The molecule has 0 unspecified atom stereocenters. The van der Waals surface area contributed by atoms with E-state index in [0.717, 1.165) is 4.48 Å². The number of carbonyl (C=O) groups is 1. The maximum atomic E-state index is 10.9. The summed E-state index contributed by atoms with van der Waals surface area (Å²) in [5.74, 6) is -0.358. The first-order valence-electron chi connectivity index (χ1n) is 3.81. The SMILES string of the molecule is C=C(C)C(=O)O[CH]C[N+](C)(C)C. The molecule has 1 radical (unpaired) electrons. The summed E-state index contributed by atoms with van der Waals surface area (Å²) in [4.78, 5) is 10.9. The van der Waals surface area contributed by atoms with Crippen molar-refractivity contribution in [2.75, 3.05) is 27.7 Å². The molecule has 0 bridgehead atoms. The zero-order chi connectivity index (χ0) is 9.78. The average Bonchev–Trinajstić information content (AvgIpc) is 1.84. The maximum Gasteiger partial charge on any atom is 0.333 e. The Bertz CT molecular complexity index is 179. The second-order valence-corrected chi connectivity index (χ2v) is 3.83. The summed E-state index contributed by atoms with van der Waals surface area (Å²) in [6.07, 6.45) is 0. The smallest absolute Gasteiger partial charge is 0.333 e. The van der Waals surface area contributed by atoms with Crippen molar-refractivity contribution in [1.82, 2.24) is 0 Å². The van der Waals surface area contributed by atoms with E-state index in [0.29, 0.717) is 12.1 Å². The Morgan fingerprint density at radius 1 is 1.50 bits per heavy atom. The molecule has 0 aromatic heterocycles. The largest absolute Gasteiger partial charge is 0.449 e. The minimum absolute atomic E-state index is 0.358. The van der Waals surface area contributed by atoms with E-state index in [4.69, 9.17) is 4.74 Å². The molecule has 12 heavy (non-hydrogen) atoms. The van der Waals surface area contributed by atoms with Crippen LogP contribution in [0.5, 0.6) is 0 Å². The second kappa shape index (κ2) is 4.26. The van der Waals surface area contributed by atoms with Crippen LogP contribution in [0.2, 0.25) is 0 Å². The fourth-order valence-corrected chi connectivity index (χ4v) is 0.437. The molecule has 3 heteroatoms. The predicted octanol–water partition coefficient (Wildman–Crippen LogP) is 0.974. The summed E-state index contributed by atoms with van der Waals surface area (Å²) >= 11 is 0. The van der Waals surface area contributed by atoms with E-state index in [1.165, 1.54) is 6.61 Å². The number of nitrogens with zero attached hydrogens (tertiary/aromatic N) is 1. The van der Waals surface area contributed by atoms with Gasteiger partial charge in [0.25, 0.3) is 0 Å². The van der Waals surface area contributed by atoms with Crippen LogP contribution in [0.1, 0.15) is 6.92 Å². The van der Waals surface area contributed by atoms with Crippen molar-refractivity contribution in [2.45, 2.75) is 6.92 Å². The molecule has 0 aliphatic heterocycles. The lowest BCUT2D eigenvalue weighted by molar-refractivity contribution is -0.867. The lowest BCUT2D eigenvalue weighted by atomic mass is 10.4. The molecule has 0 saturated heterocycles. The third kappa shape index (κ3) is 5.92. The van der Waals surface area contributed by atoms with Crippen LogP contribution in [0.4, 0.5) is 0 Å². The van der Waals surface area contributed by atoms with Crippen molar-refractivity contribution in [3.05, 3.63) is 18.8 Å².